The van der Waals surface area contributed by atoms with Gasteiger partial charge in [0, 0.05) is 25.7 Å². The van der Waals surface area contributed by atoms with Gasteiger partial charge in [-0.1, -0.05) is 23.7 Å². The Morgan fingerprint density at radius 1 is 1.10 bits per heavy atom. The molecular formula is C28H25ClFN7O4S. The maximum absolute atomic E-state index is 13.9. The van der Waals surface area contributed by atoms with Gasteiger partial charge in [-0.05, 0) is 60.9 Å². The first-order valence-corrected chi connectivity index (χ1v) is 14.7. The van der Waals surface area contributed by atoms with E-state index in [-0.39, 0.29) is 33.3 Å². The highest BCUT2D eigenvalue weighted by atomic mass is 35.5. The number of hydrogen-bond acceptors (Lipinski definition) is 9. The number of anilines is 3. The second-order valence-electron chi connectivity index (χ2n) is 10.1. The summed E-state index contributed by atoms with van der Waals surface area (Å²) in [5.74, 6) is 0.121. The van der Waals surface area contributed by atoms with Crippen molar-refractivity contribution in [3.63, 3.8) is 0 Å². The highest BCUT2D eigenvalue weighted by Crippen LogP contribution is 2.32. The second kappa shape index (κ2) is 10.4. The van der Waals surface area contributed by atoms with E-state index in [9.17, 15) is 17.6 Å². The van der Waals surface area contributed by atoms with Crippen LogP contribution in [0.1, 0.15) is 35.2 Å². The lowest BCUT2D eigenvalue weighted by Gasteiger charge is -2.23. The molecule has 0 bridgehead atoms. The summed E-state index contributed by atoms with van der Waals surface area (Å²) in [6.45, 7) is 4.58. The van der Waals surface area contributed by atoms with Crippen molar-refractivity contribution in [3.05, 3.63) is 98.5 Å². The third-order valence-corrected chi connectivity index (χ3v) is 8.55. The number of oxazole rings is 1. The molecule has 0 radical (unpaired) electrons. The van der Waals surface area contributed by atoms with Crippen LogP contribution in [0.4, 0.5) is 22.0 Å². The molecule has 0 unspecified atom stereocenters. The number of rotatable bonds is 7. The monoisotopic (exact) mass is 609 g/mol. The molecule has 42 heavy (non-hydrogen) atoms. The Kier molecular flexibility index (Phi) is 6.86. The van der Waals surface area contributed by atoms with Crippen LogP contribution in [-0.2, 0) is 30.2 Å². The Balaban J connectivity index is 1.40. The largest absolute Gasteiger partial charge is 0.432 e. The third kappa shape index (κ3) is 5.05. The fraction of sp³-hybridized carbons (Fsp3) is 0.214. The topological polar surface area (TPSA) is 135 Å². The van der Waals surface area contributed by atoms with Crippen molar-refractivity contribution in [1.29, 1.82) is 0 Å². The predicted octanol–water partition coefficient (Wildman–Crippen LogP) is 4.91. The molecule has 0 aliphatic carbocycles. The van der Waals surface area contributed by atoms with Gasteiger partial charge in [0.15, 0.2) is 0 Å². The van der Waals surface area contributed by atoms with Crippen LogP contribution < -0.4 is 20.5 Å². The van der Waals surface area contributed by atoms with Crippen LogP contribution in [-0.4, -0.2) is 27.9 Å². The van der Waals surface area contributed by atoms with Crippen LogP contribution in [0.3, 0.4) is 0 Å². The van der Waals surface area contributed by atoms with Crippen LogP contribution in [0.25, 0.3) is 10.9 Å². The first-order chi connectivity index (χ1) is 20.0. The zero-order valence-corrected chi connectivity index (χ0v) is 24.3. The van der Waals surface area contributed by atoms with Crippen molar-refractivity contribution < 1.29 is 17.2 Å². The van der Waals surface area contributed by atoms with E-state index >= 15 is 0 Å². The molecule has 0 spiro atoms. The summed E-state index contributed by atoms with van der Waals surface area (Å²) in [5.41, 5.74) is 3.70. The van der Waals surface area contributed by atoms with Crippen molar-refractivity contribution in [2.45, 2.75) is 38.0 Å². The van der Waals surface area contributed by atoms with Gasteiger partial charge >= 0.3 is 6.01 Å². The zero-order chi connectivity index (χ0) is 29.8. The lowest BCUT2D eigenvalue weighted by atomic mass is 10.0. The molecule has 14 heteroatoms. The van der Waals surface area contributed by atoms with Crippen molar-refractivity contribution >= 4 is 50.2 Å². The molecule has 0 saturated carbocycles. The molecule has 1 aliphatic rings. The van der Waals surface area contributed by atoms with E-state index in [1.165, 1.54) is 41.3 Å². The van der Waals surface area contributed by atoms with Gasteiger partial charge in [0.1, 0.15) is 17.2 Å². The zero-order valence-electron chi connectivity index (χ0n) is 22.7. The van der Waals surface area contributed by atoms with E-state index in [2.05, 4.69) is 20.0 Å². The average Bonchev–Trinajstić information content (AvgIpc) is 3.60. The standard InChI is InChI=1S/C28H25ClFN7O4S/c1-15-10-20(16(2)32-22-6-7-23(29)33-25(22)42(39,40)35-27-31-8-9-41-27)24-21(11-15)26(38)36(3)28(34-24)37-13-17-4-5-19(30)12-18(17)14-37/h4-12,16,32H,13-14H2,1-3H3,(H,31,35)/t16-/m1/s1. The van der Waals surface area contributed by atoms with Gasteiger partial charge in [0.25, 0.3) is 15.6 Å². The van der Waals surface area contributed by atoms with Crippen LogP contribution in [0.15, 0.2) is 69.2 Å². The number of halogens is 2. The highest BCUT2D eigenvalue weighted by molar-refractivity contribution is 7.92. The van der Waals surface area contributed by atoms with Gasteiger partial charge in [-0.2, -0.15) is 8.42 Å². The van der Waals surface area contributed by atoms with Crippen molar-refractivity contribution in [3.8, 4) is 0 Å². The van der Waals surface area contributed by atoms with E-state index in [0.717, 1.165) is 16.7 Å². The smallest absolute Gasteiger partial charge is 0.308 e. The molecule has 1 atom stereocenters. The minimum atomic E-state index is -4.24. The number of nitrogens with one attached hydrogen (secondary N) is 2. The quantitative estimate of drug-likeness (QED) is 0.247. The molecule has 3 aromatic heterocycles. The summed E-state index contributed by atoms with van der Waals surface area (Å²) < 4.78 is 49.0. The Morgan fingerprint density at radius 3 is 2.64 bits per heavy atom. The fourth-order valence-electron chi connectivity index (χ4n) is 5.14. The number of fused-ring (bicyclic) bond motifs is 2. The van der Waals surface area contributed by atoms with Gasteiger partial charge < -0.3 is 14.6 Å². The summed E-state index contributed by atoms with van der Waals surface area (Å²) in [4.78, 5) is 28.3. The Labute approximate surface area is 245 Å². The van der Waals surface area contributed by atoms with Crippen molar-refractivity contribution in [2.75, 3.05) is 14.9 Å². The van der Waals surface area contributed by atoms with E-state index in [4.69, 9.17) is 21.0 Å². The first kappa shape index (κ1) is 27.7. The summed E-state index contributed by atoms with van der Waals surface area (Å²) in [6, 6.07) is 10.6. The van der Waals surface area contributed by atoms with Gasteiger partial charge in [0.2, 0.25) is 11.0 Å². The predicted molar refractivity (Wildman–Crippen MR) is 157 cm³/mol. The Bertz CT molecular complexity index is 2020. The molecule has 0 fully saturated rings. The number of benzene rings is 2. The molecule has 216 valence electrons. The molecule has 0 saturated heterocycles. The first-order valence-electron chi connectivity index (χ1n) is 12.9. The normalized spacial score (nSPS) is 13.8. The van der Waals surface area contributed by atoms with Crippen molar-refractivity contribution in [1.82, 2.24) is 19.5 Å². The lowest BCUT2D eigenvalue weighted by molar-refractivity contribution is 0.569. The fourth-order valence-corrected chi connectivity index (χ4v) is 6.40. The minimum absolute atomic E-state index is 0.0247. The average molecular weight is 610 g/mol. The minimum Gasteiger partial charge on any atom is -0.432 e. The number of pyridine rings is 1. The number of nitrogens with zero attached hydrogens (tertiary/aromatic N) is 5. The van der Waals surface area contributed by atoms with Crippen LogP contribution in [0.5, 0.6) is 0 Å². The number of aromatic nitrogens is 4. The molecule has 4 heterocycles. The number of hydrogen-bond donors (Lipinski definition) is 2. The summed E-state index contributed by atoms with van der Waals surface area (Å²) in [5, 5.41) is 3.24. The molecule has 6 rings (SSSR count). The second-order valence-corrected chi connectivity index (χ2v) is 12.1. The Hall–Kier alpha value is -4.49. The maximum atomic E-state index is 13.9. The Morgan fingerprint density at radius 2 is 1.88 bits per heavy atom. The van der Waals surface area contributed by atoms with E-state index in [0.29, 0.717) is 35.5 Å². The molecular weight excluding hydrogens is 585 g/mol. The molecule has 0 amide bonds. The van der Waals surface area contributed by atoms with E-state index < -0.39 is 16.1 Å². The highest BCUT2D eigenvalue weighted by Gasteiger charge is 2.27. The molecule has 2 N–H and O–H groups in total. The summed E-state index contributed by atoms with van der Waals surface area (Å²) in [6.07, 6.45) is 2.54. The van der Waals surface area contributed by atoms with E-state index in [1.54, 1.807) is 19.2 Å². The van der Waals surface area contributed by atoms with Gasteiger partial charge in [0.05, 0.1) is 28.8 Å². The van der Waals surface area contributed by atoms with Crippen molar-refractivity contribution in [2.24, 2.45) is 7.05 Å². The summed E-state index contributed by atoms with van der Waals surface area (Å²) >= 11 is 6.07. The van der Waals surface area contributed by atoms with Gasteiger partial charge in [-0.25, -0.2) is 24.1 Å². The molecule has 5 aromatic rings. The molecule has 1 aliphatic heterocycles. The molecule has 2 aromatic carbocycles. The SMILES string of the molecule is Cc1cc([C@@H](C)Nc2ccc(Cl)nc2S(=O)(=O)Nc2ncco2)c2nc(N3Cc4ccc(F)cc4C3)n(C)c(=O)c2c1. The van der Waals surface area contributed by atoms with Gasteiger partial charge in [-0.3, -0.25) is 9.36 Å². The van der Waals surface area contributed by atoms with Crippen LogP contribution in [0, 0.1) is 12.7 Å². The molecule has 11 nitrogen and oxygen atoms in total. The van der Waals surface area contributed by atoms with Crippen LogP contribution in [0.2, 0.25) is 5.15 Å². The third-order valence-electron chi connectivity index (χ3n) is 7.08. The maximum Gasteiger partial charge on any atom is 0.308 e. The van der Waals surface area contributed by atoms with E-state index in [1.807, 2.05) is 24.8 Å². The number of aryl methyl sites for hydroxylation is 1. The van der Waals surface area contributed by atoms with Gasteiger partial charge in [-0.15, -0.1) is 0 Å². The summed E-state index contributed by atoms with van der Waals surface area (Å²) in [7, 11) is -2.58. The lowest BCUT2D eigenvalue weighted by Crippen LogP contribution is -2.28. The van der Waals surface area contributed by atoms with Crippen LogP contribution >= 0.6 is 11.6 Å². The number of sulfonamides is 1.